The zero-order valence-electron chi connectivity index (χ0n) is 19.3. The maximum atomic E-state index is 2.51. The molecule has 0 atom stereocenters. The van der Waals surface area contributed by atoms with Crippen LogP contribution in [-0.2, 0) is 0 Å². The second kappa shape index (κ2) is 12.4. The molecule has 0 aromatic carbocycles. The van der Waals surface area contributed by atoms with E-state index in [4.69, 9.17) is 0 Å². The molecule has 0 aliphatic heterocycles. The molecule has 0 saturated heterocycles. The summed E-state index contributed by atoms with van der Waals surface area (Å²) in [6.07, 6.45) is 14.9. The standard InChI is InChI=1S/C24H52N/c1-9-17-20-25(21-18-10-2,22-19-11-3)24(15-7,16-8)23(12-4,13-5)14-6/h9-22H2,1-8H3/q+1. The Labute approximate surface area is 161 Å². The van der Waals surface area contributed by atoms with Crippen molar-refractivity contribution >= 4 is 0 Å². The highest BCUT2D eigenvalue weighted by Crippen LogP contribution is 2.53. The largest absolute Gasteiger partial charge is 0.318 e. The van der Waals surface area contributed by atoms with Crippen molar-refractivity contribution in [1.29, 1.82) is 0 Å². The van der Waals surface area contributed by atoms with Gasteiger partial charge in [-0.15, -0.1) is 0 Å². The Kier molecular flexibility index (Phi) is 12.3. The molecule has 0 saturated carbocycles. The molecule has 0 aliphatic rings. The van der Waals surface area contributed by atoms with Crippen molar-refractivity contribution in [3.8, 4) is 0 Å². The Morgan fingerprint density at radius 1 is 0.480 bits per heavy atom. The molecule has 0 rings (SSSR count). The SMILES string of the molecule is CCCC[N+](CCCC)(CCCC)C(CC)(CC)C(CC)(CC)CC. The zero-order valence-corrected chi connectivity index (χ0v) is 19.3. The van der Waals surface area contributed by atoms with Gasteiger partial charge in [-0.25, -0.2) is 0 Å². The minimum atomic E-state index is 0.449. The lowest BCUT2D eigenvalue weighted by atomic mass is 9.59. The summed E-state index contributed by atoms with van der Waals surface area (Å²) in [4.78, 5) is 0. The molecule has 152 valence electrons. The van der Waals surface area contributed by atoms with Crippen molar-refractivity contribution in [3.63, 3.8) is 0 Å². The highest BCUT2D eigenvalue weighted by atomic mass is 15.4. The summed E-state index contributed by atoms with van der Waals surface area (Å²) in [7, 11) is 0. The van der Waals surface area contributed by atoms with E-state index in [1.54, 1.807) is 0 Å². The maximum absolute atomic E-state index is 2.51. The van der Waals surface area contributed by atoms with E-state index in [9.17, 15) is 0 Å². The maximum Gasteiger partial charge on any atom is 0.104 e. The van der Waals surface area contributed by atoms with Crippen LogP contribution in [-0.4, -0.2) is 29.7 Å². The van der Waals surface area contributed by atoms with E-state index in [2.05, 4.69) is 55.4 Å². The van der Waals surface area contributed by atoms with E-state index in [0.29, 0.717) is 11.0 Å². The second-order valence-electron chi connectivity index (χ2n) is 8.46. The fraction of sp³-hybridized carbons (Fsp3) is 1.00. The normalized spacial score (nSPS) is 13.4. The van der Waals surface area contributed by atoms with Crippen LogP contribution < -0.4 is 0 Å². The van der Waals surface area contributed by atoms with Crippen molar-refractivity contribution in [2.45, 2.75) is 132 Å². The van der Waals surface area contributed by atoms with E-state index in [0.717, 1.165) is 0 Å². The van der Waals surface area contributed by atoms with Crippen molar-refractivity contribution < 1.29 is 4.48 Å². The van der Waals surface area contributed by atoms with E-state index >= 15 is 0 Å². The van der Waals surface area contributed by atoms with Crippen LogP contribution >= 0.6 is 0 Å². The molecule has 25 heavy (non-hydrogen) atoms. The monoisotopic (exact) mass is 354 g/mol. The highest BCUT2D eigenvalue weighted by Gasteiger charge is 2.58. The van der Waals surface area contributed by atoms with Crippen LogP contribution in [0.5, 0.6) is 0 Å². The summed E-state index contributed by atoms with van der Waals surface area (Å²) >= 11 is 0. The van der Waals surface area contributed by atoms with Crippen LogP contribution in [0.4, 0.5) is 0 Å². The van der Waals surface area contributed by atoms with Crippen LogP contribution in [0.3, 0.4) is 0 Å². The number of rotatable bonds is 16. The predicted molar refractivity (Wildman–Crippen MR) is 116 cm³/mol. The molecular weight excluding hydrogens is 302 g/mol. The van der Waals surface area contributed by atoms with Crippen molar-refractivity contribution in [2.75, 3.05) is 19.6 Å². The molecule has 0 radical (unpaired) electrons. The molecular formula is C24H52N+. The van der Waals surface area contributed by atoms with Crippen LogP contribution in [0, 0.1) is 5.41 Å². The summed E-state index contributed by atoms with van der Waals surface area (Å²) in [5.41, 5.74) is 0.941. The Morgan fingerprint density at radius 2 is 0.800 bits per heavy atom. The van der Waals surface area contributed by atoms with E-state index in [1.807, 2.05) is 0 Å². The number of unbranched alkanes of at least 4 members (excludes halogenated alkanes) is 3. The van der Waals surface area contributed by atoms with Crippen LogP contribution in [0.25, 0.3) is 0 Å². The first-order chi connectivity index (χ1) is 12.0. The van der Waals surface area contributed by atoms with Crippen LogP contribution in [0.15, 0.2) is 0 Å². The minimum Gasteiger partial charge on any atom is -0.318 e. The third kappa shape index (κ3) is 5.02. The van der Waals surface area contributed by atoms with E-state index < -0.39 is 0 Å². The fourth-order valence-corrected chi connectivity index (χ4v) is 6.27. The lowest BCUT2D eigenvalue weighted by molar-refractivity contribution is -0.986. The van der Waals surface area contributed by atoms with Gasteiger partial charge in [0.05, 0.1) is 19.6 Å². The van der Waals surface area contributed by atoms with Gasteiger partial charge < -0.3 is 4.48 Å². The number of quaternary nitrogens is 1. The summed E-state index contributed by atoms with van der Waals surface area (Å²) < 4.78 is 1.41. The van der Waals surface area contributed by atoms with E-state index in [-0.39, 0.29) is 0 Å². The minimum absolute atomic E-state index is 0.449. The Balaban J connectivity index is 6.36. The average Bonchev–Trinajstić information content (AvgIpc) is 2.66. The second-order valence-corrected chi connectivity index (χ2v) is 8.46. The number of hydrogen-bond acceptors (Lipinski definition) is 0. The molecule has 0 bridgehead atoms. The van der Waals surface area contributed by atoms with Gasteiger partial charge in [-0.3, -0.25) is 0 Å². The summed E-state index contributed by atoms with van der Waals surface area (Å²) in [6.45, 7) is 23.8. The van der Waals surface area contributed by atoms with Gasteiger partial charge in [-0.05, 0) is 38.5 Å². The van der Waals surface area contributed by atoms with Gasteiger partial charge in [-0.2, -0.15) is 0 Å². The number of nitrogens with zero attached hydrogens (tertiary/aromatic N) is 1. The quantitative estimate of drug-likeness (QED) is 0.246. The molecule has 0 unspecified atom stereocenters. The lowest BCUT2D eigenvalue weighted by Gasteiger charge is -2.62. The summed E-state index contributed by atoms with van der Waals surface area (Å²) in [6, 6.07) is 0. The van der Waals surface area contributed by atoms with Gasteiger partial charge in [0.15, 0.2) is 0 Å². The molecule has 1 heteroatoms. The molecule has 1 nitrogen and oxygen atoms in total. The highest BCUT2D eigenvalue weighted by molar-refractivity contribution is 4.98. The van der Waals surface area contributed by atoms with Gasteiger partial charge in [0.1, 0.15) is 5.54 Å². The zero-order chi connectivity index (χ0) is 19.4. The fourth-order valence-electron chi connectivity index (χ4n) is 6.27. The molecule has 0 aromatic rings. The van der Waals surface area contributed by atoms with Crippen LogP contribution in [0.1, 0.15) is 126 Å². The Bertz CT molecular complexity index is 282. The molecule has 0 aromatic heterocycles. The third-order valence-electron chi connectivity index (χ3n) is 7.91. The predicted octanol–water partition coefficient (Wildman–Crippen LogP) is 7.98. The first-order valence-electron chi connectivity index (χ1n) is 11.8. The lowest BCUT2D eigenvalue weighted by Crippen LogP contribution is -2.71. The molecule has 0 amide bonds. The summed E-state index contributed by atoms with van der Waals surface area (Å²) in [5.74, 6) is 0. The molecule has 0 fully saturated rings. The van der Waals surface area contributed by atoms with Crippen molar-refractivity contribution in [2.24, 2.45) is 5.41 Å². The number of hydrogen-bond donors (Lipinski definition) is 0. The first kappa shape index (κ1) is 25.0. The Hall–Kier alpha value is -0.0400. The molecule has 0 N–H and O–H groups in total. The smallest absolute Gasteiger partial charge is 0.104 e. The molecule has 0 heterocycles. The summed E-state index contributed by atoms with van der Waals surface area (Å²) in [5, 5.41) is 0. The van der Waals surface area contributed by atoms with Gasteiger partial charge in [0.25, 0.3) is 0 Å². The molecule has 0 spiro atoms. The van der Waals surface area contributed by atoms with Crippen molar-refractivity contribution in [1.82, 2.24) is 0 Å². The molecule has 0 aliphatic carbocycles. The topological polar surface area (TPSA) is 0 Å². The van der Waals surface area contributed by atoms with Gasteiger partial charge >= 0.3 is 0 Å². The van der Waals surface area contributed by atoms with Crippen molar-refractivity contribution in [3.05, 3.63) is 0 Å². The first-order valence-corrected chi connectivity index (χ1v) is 11.8. The van der Waals surface area contributed by atoms with Gasteiger partial charge in [-0.1, -0.05) is 74.7 Å². The Morgan fingerprint density at radius 3 is 1.00 bits per heavy atom. The average molecular weight is 355 g/mol. The van der Waals surface area contributed by atoms with E-state index in [1.165, 1.54) is 94.7 Å². The van der Waals surface area contributed by atoms with Gasteiger partial charge in [0, 0.05) is 18.3 Å². The van der Waals surface area contributed by atoms with Crippen LogP contribution in [0.2, 0.25) is 0 Å². The van der Waals surface area contributed by atoms with Gasteiger partial charge in [0.2, 0.25) is 0 Å². The third-order valence-corrected chi connectivity index (χ3v) is 7.91.